The summed E-state index contributed by atoms with van der Waals surface area (Å²) in [6.07, 6.45) is 1.14. The van der Waals surface area contributed by atoms with Gasteiger partial charge in [-0.05, 0) is 37.1 Å². The number of benzene rings is 1. The van der Waals surface area contributed by atoms with Gasteiger partial charge in [0.2, 0.25) is 11.8 Å². The van der Waals surface area contributed by atoms with Gasteiger partial charge in [0.1, 0.15) is 0 Å². The van der Waals surface area contributed by atoms with Crippen LogP contribution in [0, 0.1) is 0 Å². The van der Waals surface area contributed by atoms with Crippen LogP contribution in [-0.2, 0) is 6.18 Å². The molecular formula is C18H15F3N2O3. The van der Waals surface area contributed by atoms with Crippen molar-refractivity contribution in [2.24, 2.45) is 0 Å². The summed E-state index contributed by atoms with van der Waals surface area (Å²) in [5.74, 6) is -1.29. The van der Waals surface area contributed by atoms with E-state index in [-0.39, 0.29) is 29.2 Å². The van der Waals surface area contributed by atoms with Gasteiger partial charge < -0.3 is 10.2 Å². The Balaban J connectivity index is 1.63. The zero-order valence-electron chi connectivity index (χ0n) is 13.4. The molecule has 0 radical (unpaired) electrons. The highest BCUT2D eigenvalue weighted by Crippen LogP contribution is 2.53. The number of alkyl halides is 3. The van der Waals surface area contributed by atoms with Crippen molar-refractivity contribution in [1.82, 2.24) is 4.68 Å². The van der Waals surface area contributed by atoms with Crippen molar-refractivity contribution in [2.75, 3.05) is 5.43 Å². The van der Waals surface area contributed by atoms with E-state index >= 15 is 0 Å². The van der Waals surface area contributed by atoms with Gasteiger partial charge in [0, 0.05) is 28.5 Å². The molecule has 3 N–H and O–H groups in total. The first kappa shape index (κ1) is 16.6. The first-order chi connectivity index (χ1) is 12.3. The van der Waals surface area contributed by atoms with Crippen molar-refractivity contribution >= 4 is 5.91 Å². The first-order valence-electron chi connectivity index (χ1n) is 8.10. The maximum atomic E-state index is 12.6. The molecule has 0 saturated heterocycles. The number of carbonyl (C=O) groups is 1. The van der Waals surface area contributed by atoms with Crippen molar-refractivity contribution in [3.8, 4) is 11.8 Å². The molecule has 5 nitrogen and oxygen atoms in total. The normalized spacial score (nSPS) is 20.9. The van der Waals surface area contributed by atoms with Crippen LogP contribution < -0.4 is 5.43 Å². The third kappa shape index (κ3) is 2.44. The number of amides is 1. The van der Waals surface area contributed by atoms with E-state index in [2.05, 4.69) is 5.43 Å². The van der Waals surface area contributed by atoms with E-state index in [9.17, 15) is 28.2 Å². The monoisotopic (exact) mass is 364 g/mol. The van der Waals surface area contributed by atoms with E-state index in [1.807, 2.05) is 12.2 Å². The molecular weight excluding hydrogens is 349 g/mol. The van der Waals surface area contributed by atoms with Gasteiger partial charge in [-0.3, -0.25) is 10.2 Å². The number of hydrogen-bond acceptors (Lipinski definition) is 3. The summed E-state index contributed by atoms with van der Waals surface area (Å²) in [5, 5.41) is 20.9. The molecule has 2 bridgehead atoms. The van der Waals surface area contributed by atoms with Gasteiger partial charge in [-0.1, -0.05) is 12.2 Å². The lowest BCUT2D eigenvalue weighted by atomic mass is 9.73. The SMILES string of the molecule is O=C(Nn1c(O)c2c(c1O)C1C=CC2CC1)c1ccc(C(F)(F)F)cc1. The summed E-state index contributed by atoms with van der Waals surface area (Å²) in [6.45, 7) is 0. The zero-order valence-corrected chi connectivity index (χ0v) is 13.4. The molecule has 2 unspecified atom stereocenters. The minimum absolute atomic E-state index is 0.0230. The van der Waals surface area contributed by atoms with Crippen LogP contribution in [0.15, 0.2) is 36.4 Å². The molecule has 1 heterocycles. The third-order valence-electron chi connectivity index (χ3n) is 4.99. The Morgan fingerprint density at radius 2 is 1.50 bits per heavy atom. The van der Waals surface area contributed by atoms with Crippen molar-refractivity contribution in [3.05, 3.63) is 58.7 Å². The lowest BCUT2D eigenvalue weighted by Gasteiger charge is -2.30. The van der Waals surface area contributed by atoms with Crippen LogP contribution in [0.5, 0.6) is 11.8 Å². The first-order valence-corrected chi connectivity index (χ1v) is 8.10. The second-order valence-corrected chi connectivity index (χ2v) is 6.50. The Bertz CT molecular complexity index is 876. The van der Waals surface area contributed by atoms with E-state index < -0.39 is 17.6 Å². The number of rotatable bonds is 2. The quantitative estimate of drug-likeness (QED) is 0.709. The smallest absolute Gasteiger partial charge is 0.416 e. The Kier molecular flexibility index (Phi) is 3.54. The van der Waals surface area contributed by atoms with Crippen LogP contribution in [0.4, 0.5) is 13.2 Å². The van der Waals surface area contributed by atoms with Crippen LogP contribution in [-0.4, -0.2) is 20.8 Å². The highest BCUT2D eigenvalue weighted by atomic mass is 19.4. The molecule has 8 heteroatoms. The molecule has 26 heavy (non-hydrogen) atoms. The molecule has 0 saturated carbocycles. The van der Waals surface area contributed by atoms with Crippen LogP contribution in [0.1, 0.15) is 51.7 Å². The largest absolute Gasteiger partial charge is 0.493 e. The number of allylic oxidation sites excluding steroid dienone is 2. The lowest BCUT2D eigenvalue weighted by Crippen LogP contribution is -2.22. The van der Waals surface area contributed by atoms with Gasteiger partial charge in [-0.2, -0.15) is 17.8 Å². The predicted octanol–water partition coefficient (Wildman–Crippen LogP) is 3.83. The number of fused-ring (bicyclic) bond motifs is 1. The molecule has 2 aromatic rings. The highest BCUT2D eigenvalue weighted by molar-refractivity contribution is 6.00. The summed E-state index contributed by atoms with van der Waals surface area (Å²) in [6, 6.07) is 3.70. The van der Waals surface area contributed by atoms with Gasteiger partial charge in [-0.15, -0.1) is 0 Å². The lowest BCUT2D eigenvalue weighted by molar-refractivity contribution is -0.137. The van der Waals surface area contributed by atoms with Crippen molar-refractivity contribution in [1.29, 1.82) is 0 Å². The van der Waals surface area contributed by atoms with E-state index in [1.165, 1.54) is 0 Å². The number of aromatic nitrogens is 1. The van der Waals surface area contributed by atoms with Gasteiger partial charge >= 0.3 is 6.18 Å². The molecule has 1 aromatic carbocycles. The molecule has 3 aliphatic rings. The summed E-state index contributed by atoms with van der Waals surface area (Å²) in [5.41, 5.74) is 2.65. The number of nitrogens with zero attached hydrogens (tertiary/aromatic N) is 1. The van der Waals surface area contributed by atoms with Crippen LogP contribution >= 0.6 is 0 Å². The topological polar surface area (TPSA) is 74.5 Å². The standard InChI is InChI=1S/C18H15F3N2O3/c19-18(20,21)12-7-5-11(6-8-12)15(24)22-23-16(25)13-9-1-2-10(4-3-9)14(13)17(23)26/h1-2,5-10,25-26H,3-4H2,(H,22,24). The second-order valence-electron chi connectivity index (χ2n) is 6.50. The van der Waals surface area contributed by atoms with E-state index in [1.54, 1.807) is 0 Å². The van der Waals surface area contributed by atoms with Gasteiger partial charge in [0.25, 0.3) is 5.91 Å². The Morgan fingerprint density at radius 3 is 1.92 bits per heavy atom. The molecule has 2 atom stereocenters. The van der Waals surface area contributed by atoms with E-state index in [0.717, 1.165) is 41.8 Å². The van der Waals surface area contributed by atoms with E-state index in [4.69, 9.17) is 0 Å². The number of hydrogen-bond donors (Lipinski definition) is 3. The average Bonchev–Trinajstić information content (AvgIpc) is 2.89. The minimum Gasteiger partial charge on any atom is -0.493 e. The van der Waals surface area contributed by atoms with Gasteiger partial charge in [-0.25, -0.2) is 0 Å². The second kappa shape index (κ2) is 5.55. The molecule has 3 aliphatic carbocycles. The molecule has 136 valence electrons. The summed E-state index contributed by atoms with van der Waals surface area (Å²) >= 11 is 0. The van der Waals surface area contributed by atoms with Crippen LogP contribution in [0.25, 0.3) is 0 Å². The minimum atomic E-state index is -4.49. The Labute approximate surface area is 146 Å². The van der Waals surface area contributed by atoms with E-state index in [0.29, 0.717) is 11.1 Å². The predicted molar refractivity (Wildman–Crippen MR) is 86.8 cm³/mol. The van der Waals surface area contributed by atoms with Crippen LogP contribution in [0.3, 0.4) is 0 Å². The molecule has 0 spiro atoms. The van der Waals surface area contributed by atoms with Crippen molar-refractivity contribution in [2.45, 2.75) is 30.9 Å². The fourth-order valence-corrected chi connectivity index (χ4v) is 3.70. The zero-order chi connectivity index (χ0) is 18.6. The fraction of sp³-hybridized carbons (Fsp3) is 0.278. The number of aromatic hydroxyl groups is 2. The summed E-state index contributed by atoms with van der Waals surface area (Å²) < 4.78 is 38.7. The van der Waals surface area contributed by atoms with Crippen molar-refractivity contribution in [3.63, 3.8) is 0 Å². The fourth-order valence-electron chi connectivity index (χ4n) is 3.70. The van der Waals surface area contributed by atoms with Gasteiger partial charge in [0.15, 0.2) is 0 Å². The maximum Gasteiger partial charge on any atom is 0.416 e. The molecule has 0 aliphatic heterocycles. The molecule has 1 aromatic heterocycles. The summed E-state index contributed by atoms with van der Waals surface area (Å²) in [4.78, 5) is 12.3. The number of carbonyl (C=O) groups excluding carboxylic acids is 1. The maximum absolute atomic E-state index is 12.6. The van der Waals surface area contributed by atoms with Gasteiger partial charge in [0.05, 0.1) is 5.56 Å². The molecule has 0 fully saturated rings. The Morgan fingerprint density at radius 1 is 1.00 bits per heavy atom. The van der Waals surface area contributed by atoms with Crippen molar-refractivity contribution < 1.29 is 28.2 Å². The number of nitrogens with one attached hydrogen (secondary N) is 1. The molecule has 1 amide bonds. The van der Waals surface area contributed by atoms with Crippen LogP contribution in [0.2, 0.25) is 0 Å². The average molecular weight is 364 g/mol. The summed E-state index contributed by atoms with van der Waals surface area (Å²) in [7, 11) is 0. The molecule has 5 rings (SSSR count). The number of halogens is 3. The highest BCUT2D eigenvalue weighted by Gasteiger charge is 2.38. The third-order valence-corrected chi connectivity index (χ3v) is 4.99. The Hall–Kier alpha value is -2.90.